The zero-order valence-corrected chi connectivity index (χ0v) is 17.7. The molecule has 0 radical (unpaired) electrons. The lowest BCUT2D eigenvalue weighted by Gasteiger charge is -2.15. The second kappa shape index (κ2) is 11.0. The Morgan fingerprint density at radius 2 is 1.64 bits per heavy atom. The van der Waals surface area contributed by atoms with Crippen molar-refractivity contribution in [2.75, 3.05) is 7.11 Å². The molecule has 0 bridgehead atoms. The number of nitrogens with one attached hydrogen (secondary N) is 1. The van der Waals surface area contributed by atoms with E-state index in [2.05, 4.69) is 26.2 Å². The molecule has 0 aliphatic heterocycles. The van der Waals surface area contributed by atoms with Gasteiger partial charge < -0.3 is 14.8 Å². The molecule has 0 unspecified atom stereocenters. The van der Waals surface area contributed by atoms with Crippen molar-refractivity contribution < 1.29 is 13.9 Å². The van der Waals surface area contributed by atoms with Gasteiger partial charge >= 0.3 is 0 Å². The van der Waals surface area contributed by atoms with Crippen LogP contribution in [0, 0.1) is 5.82 Å². The van der Waals surface area contributed by atoms with Crippen LogP contribution in [0.2, 0.25) is 0 Å². The summed E-state index contributed by atoms with van der Waals surface area (Å²) in [5.74, 6) is 1.01. The van der Waals surface area contributed by atoms with Crippen LogP contribution in [0.15, 0.2) is 65.4 Å². The van der Waals surface area contributed by atoms with Crippen molar-refractivity contribution in [1.82, 2.24) is 10.3 Å². The summed E-state index contributed by atoms with van der Waals surface area (Å²) in [7, 11) is 1.61. The van der Waals surface area contributed by atoms with Crippen molar-refractivity contribution in [3.8, 4) is 11.5 Å². The Kier molecular flexibility index (Phi) is 8.70. The van der Waals surface area contributed by atoms with E-state index in [4.69, 9.17) is 9.47 Å². The predicted molar refractivity (Wildman–Crippen MR) is 113 cm³/mol. The first kappa shape index (κ1) is 22.1. The Bertz CT molecular complexity index is 880. The molecule has 148 valence electrons. The topological polar surface area (TPSA) is 43.4 Å². The van der Waals surface area contributed by atoms with Crippen LogP contribution in [0.3, 0.4) is 0 Å². The van der Waals surface area contributed by atoms with E-state index in [1.54, 1.807) is 31.6 Å². The summed E-state index contributed by atoms with van der Waals surface area (Å²) in [5, 5.41) is 3.40. The number of ether oxygens (including phenoxy) is 2. The number of halogens is 3. The molecule has 3 rings (SSSR count). The zero-order chi connectivity index (χ0) is 19.1. The average Bonchev–Trinajstić information content (AvgIpc) is 2.69. The highest BCUT2D eigenvalue weighted by Crippen LogP contribution is 2.37. The summed E-state index contributed by atoms with van der Waals surface area (Å²) in [6.45, 7) is 1.77. The third kappa shape index (κ3) is 6.19. The fourth-order valence-corrected chi connectivity index (χ4v) is 3.21. The molecule has 3 aromatic rings. The molecule has 28 heavy (non-hydrogen) atoms. The highest BCUT2D eigenvalue weighted by molar-refractivity contribution is 9.10. The van der Waals surface area contributed by atoms with Crippen molar-refractivity contribution in [1.29, 1.82) is 0 Å². The molecule has 7 heteroatoms. The van der Waals surface area contributed by atoms with E-state index in [1.165, 1.54) is 17.7 Å². The summed E-state index contributed by atoms with van der Waals surface area (Å²) in [5.41, 5.74) is 3.13. The molecule has 0 spiro atoms. The Labute approximate surface area is 178 Å². The van der Waals surface area contributed by atoms with Gasteiger partial charge in [-0.15, -0.1) is 12.4 Å². The van der Waals surface area contributed by atoms with Crippen LogP contribution in [0.4, 0.5) is 4.39 Å². The number of methoxy groups -OCH3 is 1. The number of hydrogen-bond donors (Lipinski definition) is 1. The predicted octanol–water partition coefficient (Wildman–Crippen LogP) is 5.28. The van der Waals surface area contributed by atoms with Gasteiger partial charge in [-0.3, -0.25) is 4.98 Å². The molecule has 0 saturated heterocycles. The van der Waals surface area contributed by atoms with E-state index in [9.17, 15) is 4.39 Å². The summed E-state index contributed by atoms with van der Waals surface area (Å²) in [6, 6.07) is 14.2. The number of aromatic nitrogens is 1. The van der Waals surface area contributed by atoms with Crippen molar-refractivity contribution >= 4 is 28.3 Å². The zero-order valence-electron chi connectivity index (χ0n) is 15.3. The lowest BCUT2D eigenvalue weighted by Crippen LogP contribution is -2.13. The molecule has 0 atom stereocenters. The highest BCUT2D eigenvalue weighted by atomic mass is 79.9. The van der Waals surface area contributed by atoms with Crippen LogP contribution in [-0.4, -0.2) is 12.1 Å². The number of pyridine rings is 1. The highest BCUT2D eigenvalue weighted by Gasteiger charge is 2.12. The molecule has 0 saturated carbocycles. The van der Waals surface area contributed by atoms with Gasteiger partial charge in [-0.1, -0.05) is 12.1 Å². The average molecular weight is 468 g/mol. The van der Waals surface area contributed by atoms with Gasteiger partial charge in [0.2, 0.25) is 0 Å². The molecule has 0 amide bonds. The van der Waals surface area contributed by atoms with Crippen LogP contribution in [0.5, 0.6) is 11.5 Å². The lowest BCUT2D eigenvalue weighted by atomic mass is 10.2. The fraction of sp³-hybridized carbons (Fsp3) is 0.190. The summed E-state index contributed by atoms with van der Waals surface area (Å²) in [4.78, 5) is 4.02. The minimum atomic E-state index is -0.263. The Hall–Kier alpha value is -2.15. The maximum Gasteiger partial charge on any atom is 0.175 e. The standard InChI is InChI=1S/C21H20BrFN2O2.ClH/c1-26-20-11-17(13-25-12-15-6-8-24-9-7-15)10-19(22)21(20)27-14-16-2-4-18(23)5-3-16;/h2-11,25H,12-14H2,1H3;1H. The SMILES string of the molecule is COc1cc(CNCc2ccncc2)cc(Br)c1OCc1ccc(F)cc1.Cl. The molecular formula is C21H21BrClFN2O2. The van der Waals surface area contributed by atoms with Crippen LogP contribution in [0.25, 0.3) is 0 Å². The van der Waals surface area contributed by atoms with Crippen molar-refractivity contribution in [3.05, 3.63) is 87.9 Å². The first-order valence-corrected chi connectivity index (χ1v) is 9.28. The second-order valence-corrected chi connectivity index (χ2v) is 6.84. The van der Waals surface area contributed by atoms with E-state index in [1.807, 2.05) is 24.3 Å². The van der Waals surface area contributed by atoms with Crippen LogP contribution >= 0.6 is 28.3 Å². The summed E-state index contributed by atoms with van der Waals surface area (Å²) >= 11 is 3.56. The van der Waals surface area contributed by atoms with Gasteiger partial charge in [0.1, 0.15) is 12.4 Å². The van der Waals surface area contributed by atoms with Gasteiger partial charge in [0.25, 0.3) is 0 Å². The first-order chi connectivity index (χ1) is 13.2. The lowest BCUT2D eigenvalue weighted by molar-refractivity contribution is 0.282. The minimum absolute atomic E-state index is 0. The van der Waals surface area contributed by atoms with E-state index >= 15 is 0 Å². The van der Waals surface area contributed by atoms with E-state index in [0.717, 1.165) is 22.1 Å². The third-order valence-corrected chi connectivity index (χ3v) is 4.58. The van der Waals surface area contributed by atoms with Gasteiger partial charge in [-0.05, 0) is 69.0 Å². The summed E-state index contributed by atoms with van der Waals surface area (Å²) < 4.78 is 25.2. The van der Waals surface area contributed by atoms with Crippen LogP contribution in [0.1, 0.15) is 16.7 Å². The Balaban J connectivity index is 0.00000280. The molecule has 1 N–H and O–H groups in total. The first-order valence-electron chi connectivity index (χ1n) is 8.49. The normalized spacial score (nSPS) is 10.2. The van der Waals surface area contributed by atoms with E-state index in [0.29, 0.717) is 24.7 Å². The van der Waals surface area contributed by atoms with Crippen molar-refractivity contribution in [2.24, 2.45) is 0 Å². The second-order valence-electron chi connectivity index (χ2n) is 5.98. The maximum atomic E-state index is 13.0. The molecule has 0 aliphatic carbocycles. The maximum absolute atomic E-state index is 13.0. The Morgan fingerprint density at radius 3 is 2.32 bits per heavy atom. The molecule has 1 aromatic heterocycles. The van der Waals surface area contributed by atoms with E-state index < -0.39 is 0 Å². The van der Waals surface area contributed by atoms with Gasteiger partial charge in [0.05, 0.1) is 11.6 Å². The smallest absolute Gasteiger partial charge is 0.175 e. The third-order valence-electron chi connectivity index (χ3n) is 3.99. The number of hydrogen-bond acceptors (Lipinski definition) is 4. The van der Waals surface area contributed by atoms with Crippen molar-refractivity contribution in [2.45, 2.75) is 19.7 Å². The quantitative estimate of drug-likeness (QED) is 0.489. The fourth-order valence-electron chi connectivity index (χ4n) is 2.60. The van der Waals surface area contributed by atoms with Gasteiger partial charge in [-0.2, -0.15) is 0 Å². The molecule has 1 heterocycles. The van der Waals surface area contributed by atoms with E-state index in [-0.39, 0.29) is 18.2 Å². The Morgan fingerprint density at radius 1 is 0.964 bits per heavy atom. The van der Waals surface area contributed by atoms with Crippen LogP contribution < -0.4 is 14.8 Å². The van der Waals surface area contributed by atoms with Crippen LogP contribution in [-0.2, 0) is 19.7 Å². The van der Waals surface area contributed by atoms with Gasteiger partial charge in [0.15, 0.2) is 11.5 Å². The number of benzene rings is 2. The number of rotatable bonds is 8. The van der Waals surface area contributed by atoms with Crippen molar-refractivity contribution in [3.63, 3.8) is 0 Å². The van der Waals surface area contributed by atoms with Gasteiger partial charge in [-0.25, -0.2) is 4.39 Å². The molecule has 4 nitrogen and oxygen atoms in total. The summed E-state index contributed by atoms with van der Waals surface area (Å²) in [6.07, 6.45) is 3.56. The molecule has 0 fully saturated rings. The minimum Gasteiger partial charge on any atom is -0.493 e. The monoisotopic (exact) mass is 466 g/mol. The largest absolute Gasteiger partial charge is 0.493 e. The van der Waals surface area contributed by atoms with Gasteiger partial charge in [0, 0.05) is 25.5 Å². The molecule has 0 aliphatic rings. The molecule has 2 aromatic carbocycles. The number of nitrogens with zero attached hydrogens (tertiary/aromatic N) is 1. The molecular weight excluding hydrogens is 447 g/mol.